The van der Waals surface area contributed by atoms with Gasteiger partial charge in [-0.1, -0.05) is 121 Å². The van der Waals surface area contributed by atoms with Gasteiger partial charge in [0, 0.05) is 10.8 Å². The smallest absolute Gasteiger partial charge is 0.135 e. The van der Waals surface area contributed by atoms with Crippen LogP contribution in [0.2, 0.25) is 0 Å². The summed E-state index contributed by atoms with van der Waals surface area (Å²) in [5.41, 5.74) is 2.71. The van der Waals surface area contributed by atoms with Crippen LogP contribution in [0, 0.1) is 0 Å². The van der Waals surface area contributed by atoms with Gasteiger partial charge in [-0.05, 0) is 89.5 Å². The first kappa shape index (κ1) is 16.6. The van der Waals surface area contributed by atoms with Crippen molar-refractivity contribution in [2.45, 2.75) is 0 Å². The first-order valence-electron chi connectivity index (χ1n) is 17.0. The number of furan rings is 1. The molecule has 0 aliphatic carbocycles. The van der Waals surface area contributed by atoms with E-state index >= 15 is 0 Å². The third kappa shape index (κ3) is 3.24. The first-order chi connectivity index (χ1) is 23.3. The third-order valence-corrected chi connectivity index (χ3v) is 8.10. The third-order valence-electron chi connectivity index (χ3n) is 8.10. The van der Waals surface area contributed by atoms with E-state index in [1.54, 1.807) is 0 Å². The topological polar surface area (TPSA) is 13.1 Å². The van der Waals surface area contributed by atoms with Crippen LogP contribution in [-0.2, 0) is 0 Å². The molecular formula is C40H24O. The van der Waals surface area contributed by atoms with Crippen LogP contribution >= 0.6 is 0 Å². The van der Waals surface area contributed by atoms with Gasteiger partial charge in [-0.25, -0.2) is 0 Å². The lowest BCUT2D eigenvalue weighted by Gasteiger charge is -2.19. The van der Waals surface area contributed by atoms with Crippen LogP contribution in [0.3, 0.4) is 0 Å². The van der Waals surface area contributed by atoms with Crippen LogP contribution in [0.4, 0.5) is 0 Å². The van der Waals surface area contributed by atoms with Crippen molar-refractivity contribution in [2.75, 3.05) is 0 Å². The van der Waals surface area contributed by atoms with Gasteiger partial charge in [0.2, 0.25) is 0 Å². The highest BCUT2D eigenvalue weighted by atomic mass is 16.3. The number of hydrogen-bond donors (Lipinski definition) is 0. The molecule has 0 bridgehead atoms. The molecule has 0 saturated carbocycles. The van der Waals surface area contributed by atoms with Crippen LogP contribution in [0.1, 0.15) is 9.60 Å². The van der Waals surface area contributed by atoms with Gasteiger partial charge < -0.3 is 4.42 Å². The van der Waals surface area contributed by atoms with Gasteiger partial charge in [0.25, 0.3) is 0 Å². The molecule has 190 valence electrons. The van der Waals surface area contributed by atoms with Crippen LogP contribution < -0.4 is 0 Å². The largest absolute Gasteiger partial charge is 0.456 e. The van der Waals surface area contributed by atoms with Crippen molar-refractivity contribution >= 4 is 65.0 Å². The number of rotatable bonds is 2. The van der Waals surface area contributed by atoms with Crippen molar-refractivity contribution in [1.29, 1.82) is 0 Å². The SMILES string of the molecule is [2H]c1c([2H])c([2H])c2c(oc3c([2H])c([2H])c(-c4c5ccccc5c(-c5cc6ccccc6c6ccccc56)c5ccccc45)c([2H])c32)c1[2H]. The van der Waals surface area contributed by atoms with E-state index in [2.05, 4.69) is 54.6 Å². The van der Waals surface area contributed by atoms with Gasteiger partial charge >= 0.3 is 0 Å². The minimum absolute atomic E-state index is 0.0450. The molecule has 0 N–H and O–H groups in total. The van der Waals surface area contributed by atoms with Crippen molar-refractivity contribution in [3.05, 3.63) is 145 Å². The number of para-hydroxylation sites is 1. The van der Waals surface area contributed by atoms with E-state index in [4.69, 9.17) is 11.3 Å². The molecule has 0 saturated heterocycles. The van der Waals surface area contributed by atoms with Crippen LogP contribution in [-0.4, -0.2) is 0 Å². The Morgan fingerprint density at radius 1 is 0.439 bits per heavy atom. The zero-order valence-corrected chi connectivity index (χ0v) is 21.7. The molecule has 9 aromatic rings. The summed E-state index contributed by atoms with van der Waals surface area (Å²) in [5.74, 6) is 0. The predicted molar refractivity (Wildman–Crippen MR) is 175 cm³/mol. The molecule has 0 fully saturated rings. The highest BCUT2D eigenvalue weighted by Crippen LogP contribution is 2.47. The molecule has 1 aromatic heterocycles. The molecule has 0 radical (unpaired) electrons. The van der Waals surface area contributed by atoms with Crippen molar-refractivity contribution in [3.8, 4) is 22.3 Å². The van der Waals surface area contributed by atoms with E-state index in [-0.39, 0.29) is 57.7 Å². The van der Waals surface area contributed by atoms with Gasteiger partial charge in [0.1, 0.15) is 11.2 Å². The average molecular weight is 528 g/mol. The average Bonchev–Trinajstić information content (AvgIpc) is 3.53. The lowest BCUT2D eigenvalue weighted by molar-refractivity contribution is 0.669. The number of benzene rings is 8. The van der Waals surface area contributed by atoms with E-state index in [1.807, 2.05) is 48.5 Å². The van der Waals surface area contributed by atoms with Crippen LogP contribution in [0.25, 0.3) is 87.3 Å². The van der Waals surface area contributed by atoms with Gasteiger partial charge in [-0.15, -0.1) is 0 Å². The zero-order valence-electron chi connectivity index (χ0n) is 28.7. The minimum Gasteiger partial charge on any atom is -0.456 e. The van der Waals surface area contributed by atoms with E-state index < -0.39 is 12.1 Å². The molecular weight excluding hydrogens is 496 g/mol. The summed E-state index contributed by atoms with van der Waals surface area (Å²) < 4.78 is 67.3. The summed E-state index contributed by atoms with van der Waals surface area (Å²) >= 11 is 0. The Bertz CT molecular complexity index is 2810. The quantitative estimate of drug-likeness (QED) is 0.161. The molecule has 0 atom stereocenters. The Morgan fingerprint density at radius 2 is 1.00 bits per heavy atom. The van der Waals surface area contributed by atoms with E-state index in [0.29, 0.717) is 5.56 Å². The molecule has 0 unspecified atom stereocenters. The maximum Gasteiger partial charge on any atom is 0.135 e. The molecule has 0 aliphatic rings. The normalized spacial score (nSPS) is 14.3. The van der Waals surface area contributed by atoms with E-state index in [0.717, 1.165) is 48.8 Å². The second kappa shape index (κ2) is 8.55. The molecule has 41 heavy (non-hydrogen) atoms. The van der Waals surface area contributed by atoms with Gasteiger partial charge in [0.15, 0.2) is 0 Å². The lowest BCUT2D eigenvalue weighted by Crippen LogP contribution is -1.92. The summed E-state index contributed by atoms with van der Waals surface area (Å²) in [5, 5.41) is 8.15. The fourth-order valence-electron chi connectivity index (χ4n) is 6.38. The van der Waals surface area contributed by atoms with E-state index in [9.17, 15) is 2.74 Å². The highest BCUT2D eigenvalue weighted by Gasteiger charge is 2.19. The Hall–Kier alpha value is -5.40. The Balaban J connectivity index is 1.48. The van der Waals surface area contributed by atoms with Crippen molar-refractivity contribution in [2.24, 2.45) is 0 Å². The summed E-state index contributed by atoms with van der Waals surface area (Å²) in [6, 6.07) is 32.7. The maximum absolute atomic E-state index is 9.55. The molecule has 8 aromatic carbocycles. The Kier molecular flexibility index (Phi) is 3.47. The van der Waals surface area contributed by atoms with Crippen LogP contribution in [0.5, 0.6) is 0 Å². The Labute approximate surface area is 246 Å². The van der Waals surface area contributed by atoms with E-state index in [1.165, 1.54) is 5.39 Å². The molecule has 1 heterocycles. The second-order valence-corrected chi connectivity index (χ2v) is 10.3. The highest BCUT2D eigenvalue weighted by molar-refractivity contribution is 6.26. The van der Waals surface area contributed by atoms with Crippen LogP contribution in [0.15, 0.2) is 150 Å². The minimum atomic E-state index is -0.454. The monoisotopic (exact) mass is 527 g/mol. The first-order valence-corrected chi connectivity index (χ1v) is 13.5. The fourth-order valence-corrected chi connectivity index (χ4v) is 6.38. The number of hydrogen-bond acceptors (Lipinski definition) is 1. The predicted octanol–water partition coefficient (Wildman–Crippen LogP) is 11.5. The summed E-state index contributed by atoms with van der Waals surface area (Å²) in [6.45, 7) is 0. The molecule has 1 nitrogen and oxygen atoms in total. The Morgan fingerprint density at radius 3 is 1.73 bits per heavy atom. The summed E-state index contributed by atoms with van der Waals surface area (Å²) in [7, 11) is 0. The summed E-state index contributed by atoms with van der Waals surface area (Å²) in [4.78, 5) is 0. The van der Waals surface area contributed by atoms with Gasteiger partial charge in [-0.3, -0.25) is 0 Å². The molecule has 0 aliphatic heterocycles. The second-order valence-electron chi connectivity index (χ2n) is 10.3. The van der Waals surface area contributed by atoms with Crippen molar-refractivity contribution < 1.29 is 14.0 Å². The molecule has 9 rings (SSSR count). The summed E-state index contributed by atoms with van der Waals surface area (Å²) in [6.07, 6.45) is 0. The number of fused-ring (bicyclic) bond motifs is 8. The standard InChI is InChI=1S/C40H24O/c1-2-12-27-25(11-1)23-36(29-14-4-3-13-28(27)29)40-33-18-7-5-16-31(33)39(32-17-6-8-19-34(32)40)26-21-22-38-35(24-26)30-15-9-10-20-37(30)41-38/h1-24H/i9D,10D,15D,20D,21D,22D,24D. The van der Waals surface area contributed by atoms with Gasteiger partial charge in [-0.2, -0.15) is 0 Å². The lowest BCUT2D eigenvalue weighted by atomic mass is 9.83. The molecule has 0 spiro atoms. The maximum atomic E-state index is 9.55. The van der Waals surface area contributed by atoms with Gasteiger partial charge in [0.05, 0.1) is 9.60 Å². The zero-order chi connectivity index (χ0) is 33.0. The molecule has 1 heteroatoms. The fraction of sp³-hybridized carbons (Fsp3) is 0. The van der Waals surface area contributed by atoms with Crippen molar-refractivity contribution in [1.82, 2.24) is 0 Å². The van der Waals surface area contributed by atoms with Crippen molar-refractivity contribution in [3.63, 3.8) is 0 Å². The molecule has 0 amide bonds.